The number of aliphatic hydroxyl groups is 1. The molecule has 0 aromatic carbocycles. The van der Waals surface area contributed by atoms with E-state index in [1.165, 1.54) is 7.11 Å². The molecule has 0 amide bonds. The van der Waals surface area contributed by atoms with Crippen molar-refractivity contribution in [3.8, 4) is 5.88 Å². The van der Waals surface area contributed by atoms with Crippen LogP contribution in [0.25, 0.3) is 0 Å². The molecule has 0 saturated carbocycles. The van der Waals surface area contributed by atoms with Crippen molar-refractivity contribution in [1.82, 2.24) is 9.97 Å². The summed E-state index contributed by atoms with van der Waals surface area (Å²) in [5, 5.41) is 8.93. The number of halogens is 2. The van der Waals surface area contributed by atoms with Gasteiger partial charge >= 0.3 is 0 Å². The molecule has 1 rings (SSSR count). The predicted octanol–water partition coefficient (Wildman–Crippen LogP) is 1.28. The summed E-state index contributed by atoms with van der Waals surface area (Å²) in [5.74, 6) is 0.197. The minimum Gasteiger partial charge on any atom is -0.481 e. The number of hydrogen-bond donors (Lipinski definition) is 1. The lowest BCUT2D eigenvalue weighted by Crippen LogP contribution is -1.98. The average molecular weight is 209 g/mol. The van der Waals surface area contributed by atoms with Gasteiger partial charge in [0.25, 0.3) is 0 Å². The van der Waals surface area contributed by atoms with Crippen molar-refractivity contribution in [3.63, 3.8) is 0 Å². The van der Waals surface area contributed by atoms with Crippen LogP contribution in [-0.2, 0) is 6.61 Å². The molecule has 0 spiro atoms. The van der Waals surface area contributed by atoms with Gasteiger partial charge in [-0.2, -0.15) is 4.98 Å². The van der Waals surface area contributed by atoms with E-state index in [4.69, 9.17) is 33.0 Å². The van der Waals surface area contributed by atoms with Crippen LogP contribution < -0.4 is 4.74 Å². The number of aliphatic hydroxyl groups excluding tert-OH is 1. The third-order valence-electron chi connectivity index (χ3n) is 1.24. The Morgan fingerprint density at radius 1 is 1.42 bits per heavy atom. The van der Waals surface area contributed by atoms with Gasteiger partial charge in [-0.05, 0) is 11.6 Å². The van der Waals surface area contributed by atoms with E-state index in [0.29, 0.717) is 5.56 Å². The molecular weight excluding hydrogens is 203 g/mol. The van der Waals surface area contributed by atoms with Crippen LogP contribution in [-0.4, -0.2) is 22.2 Å². The maximum atomic E-state index is 8.83. The van der Waals surface area contributed by atoms with Gasteiger partial charge in [0.1, 0.15) is 5.15 Å². The summed E-state index contributed by atoms with van der Waals surface area (Å²) < 4.78 is 4.82. The second kappa shape index (κ2) is 3.89. The number of methoxy groups -OCH3 is 1. The number of rotatable bonds is 2. The van der Waals surface area contributed by atoms with Crippen LogP contribution in [0.5, 0.6) is 5.88 Å². The molecule has 0 saturated heterocycles. The maximum Gasteiger partial charge on any atom is 0.227 e. The van der Waals surface area contributed by atoms with Crippen LogP contribution >= 0.6 is 23.2 Å². The molecule has 1 aromatic heterocycles. The van der Waals surface area contributed by atoms with Crippen molar-refractivity contribution in [2.45, 2.75) is 6.61 Å². The molecule has 0 unspecified atom stereocenters. The van der Waals surface area contributed by atoms with Crippen LogP contribution in [0, 0.1) is 0 Å². The highest BCUT2D eigenvalue weighted by Crippen LogP contribution is 2.24. The highest BCUT2D eigenvalue weighted by molar-refractivity contribution is 6.32. The zero-order valence-corrected chi connectivity index (χ0v) is 7.72. The first-order valence-electron chi connectivity index (χ1n) is 3.05. The van der Waals surface area contributed by atoms with E-state index >= 15 is 0 Å². The number of aromatic nitrogens is 2. The van der Waals surface area contributed by atoms with E-state index in [1.54, 1.807) is 0 Å². The van der Waals surface area contributed by atoms with Crippen LogP contribution in [0.3, 0.4) is 0 Å². The summed E-state index contributed by atoms with van der Waals surface area (Å²) in [7, 11) is 1.41. The largest absolute Gasteiger partial charge is 0.481 e. The molecule has 1 N–H and O–H groups in total. The van der Waals surface area contributed by atoms with Crippen LogP contribution in [0.1, 0.15) is 5.56 Å². The number of nitrogens with zero attached hydrogens (tertiary/aromatic N) is 2. The molecule has 66 valence electrons. The molecule has 6 heteroatoms. The molecular formula is C6H6Cl2N2O2. The van der Waals surface area contributed by atoms with Crippen molar-refractivity contribution < 1.29 is 9.84 Å². The molecule has 1 aromatic rings. The lowest BCUT2D eigenvalue weighted by atomic mass is 10.3. The van der Waals surface area contributed by atoms with Gasteiger partial charge in [0.05, 0.1) is 19.3 Å². The van der Waals surface area contributed by atoms with E-state index in [1.807, 2.05) is 0 Å². The Labute approximate surface area is 79.1 Å². The summed E-state index contributed by atoms with van der Waals surface area (Å²) in [5.41, 5.74) is 0.337. The molecule has 0 aliphatic carbocycles. The third kappa shape index (κ3) is 1.77. The highest BCUT2D eigenvalue weighted by Gasteiger charge is 2.11. The monoisotopic (exact) mass is 208 g/mol. The third-order valence-corrected chi connectivity index (χ3v) is 1.72. The standard InChI is InChI=1S/C6H6Cl2N2O2/c1-12-5-3(2-11)4(7)9-6(8)10-5/h11H,2H2,1H3. The molecule has 0 aliphatic heterocycles. The van der Waals surface area contributed by atoms with Crippen molar-refractivity contribution in [3.05, 3.63) is 16.0 Å². The lowest BCUT2D eigenvalue weighted by molar-refractivity contribution is 0.271. The van der Waals surface area contributed by atoms with E-state index in [9.17, 15) is 0 Å². The van der Waals surface area contributed by atoms with Gasteiger partial charge in [-0.15, -0.1) is 0 Å². The molecule has 0 aliphatic rings. The first-order valence-corrected chi connectivity index (χ1v) is 3.81. The summed E-state index contributed by atoms with van der Waals surface area (Å²) in [6.07, 6.45) is 0. The summed E-state index contributed by atoms with van der Waals surface area (Å²) in [4.78, 5) is 7.34. The van der Waals surface area contributed by atoms with Gasteiger partial charge in [0.15, 0.2) is 0 Å². The molecule has 0 fully saturated rings. The van der Waals surface area contributed by atoms with Crippen molar-refractivity contribution in [2.75, 3.05) is 7.11 Å². The first kappa shape index (κ1) is 9.51. The first-order chi connectivity index (χ1) is 5.69. The summed E-state index contributed by atoms with van der Waals surface area (Å²) in [6.45, 7) is -0.279. The Hall–Kier alpha value is -0.580. The van der Waals surface area contributed by atoms with E-state index in [0.717, 1.165) is 0 Å². The topological polar surface area (TPSA) is 55.2 Å². The van der Waals surface area contributed by atoms with Gasteiger partial charge in [-0.3, -0.25) is 0 Å². The molecule has 1 heterocycles. The fourth-order valence-electron chi connectivity index (χ4n) is 0.715. The number of ether oxygens (including phenoxy) is 1. The van der Waals surface area contributed by atoms with E-state index in [2.05, 4.69) is 9.97 Å². The molecule has 0 radical (unpaired) electrons. The fraction of sp³-hybridized carbons (Fsp3) is 0.333. The van der Waals surface area contributed by atoms with Crippen molar-refractivity contribution >= 4 is 23.2 Å². The fourth-order valence-corrected chi connectivity index (χ4v) is 1.14. The van der Waals surface area contributed by atoms with Crippen LogP contribution in [0.2, 0.25) is 10.4 Å². The highest BCUT2D eigenvalue weighted by atomic mass is 35.5. The van der Waals surface area contributed by atoms with Crippen molar-refractivity contribution in [2.24, 2.45) is 0 Å². The second-order valence-electron chi connectivity index (χ2n) is 1.93. The average Bonchev–Trinajstić information content (AvgIpc) is 2.03. The Balaban J connectivity index is 3.24. The SMILES string of the molecule is COc1nc(Cl)nc(Cl)c1CO. The van der Waals surface area contributed by atoms with Gasteiger partial charge in [-0.25, -0.2) is 4.98 Å². The maximum absolute atomic E-state index is 8.83. The Morgan fingerprint density at radius 3 is 2.58 bits per heavy atom. The normalized spacial score (nSPS) is 10.0. The lowest BCUT2D eigenvalue weighted by Gasteiger charge is -2.05. The summed E-state index contributed by atoms with van der Waals surface area (Å²) in [6, 6.07) is 0. The van der Waals surface area contributed by atoms with Gasteiger partial charge < -0.3 is 9.84 Å². The van der Waals surface area contributed by atoms with E-state index in [-0.39, 0.29) is 22.9 Å². The van der Waals surface area contributed by atoms with E-state index < -0.39 is 0 Å². The Bertz CT molecular complexity index is 293. The zero-order valence-electron chi connectivity index (χ0n) is 6.21. The van der Waals surface area contributed by atoms with Gasteiger partial charge in [0.2, 0.25) is 11.2 Å². The minimum absolute atomic E-state index is 0.00551. The molecule has 0 atom stereocenters. The van der Waals surface area contributed by atoms with Crippen LogP contribution in [0.15, 0.2) is 0 Å². The predicted molar refractivity (Wildman–Crippen MR) is 44.5 cm³/mol. The van der Waals surface area contributed by atoms with Crippen LogP contribution in [0.4, 0.5) is 0 Å². The summed E-state index contributed by atoms with van der Waals surface area (Å²) >= 11 is 11.1. The smallest absolute Gasteiger partial charge is 0.227 e. The molecule has 12 heavy (non-hydrogen) atoms. The van der Waals surface area contributed by atoms with Gasteiger partial charge in [0, 0.05) is 0 Å². The molecule has 4 nitrogen and oxygen atoms in total. The second-order valence-corrected chi connectivity index (χ2v) is 2.63. The van der Waals surface area contributed by atoms with Gasteiger partial charge in [-0.1, -0.05) is 11.6 Å². The number of hydrogen-bond acceptors (Lipinski definition) is 4. The Kier molecular flexibility index (Phi) is 3.08. The zero-order chi connectivity index (χ0) is 9.14. The quantitative estimate of drug-likeness (QED) is 0.588. The Morgan fingerprint density at radius 2 is 2.08 bits per heavy atom. The minimum atomic E-state index is -0.279. The molecule has 0 bridgehead atoms. The van der Waals surface area contributed by atoms with Crippen molar-refractivity contribution in [1.29, 1.82) is 0 Å².